The van der Waals surface area contributed by atoms with Crippen LogP contribution in [-0.4, -0.2) is 9.13 Å². The van der Waals surface area contributed by atoms with Gasteiger partial charge in [-0.3, -0.25) is 0 Å². The molecule has 4 nitrogen and oxygen atoms in total. The minimum absolute atomic E-state index is 1.09. The predicted molar refractivity (Wildman–Crippen MR) is 339 cm³/mol. The van der Waals surface area contributed by atoms with Crippen molar-refractivity contribution >= 4 is 110 Å². The third kappa shape index (κ3) is 7.16. The molecule has 0 bridgehead atoms. The van der Waals surface area contributed by atoms with Crippen molar-refractivity contribution in [1.29, 1.82) is 0 Å². The van der Waals surface area contributed by atoms with Crippen molar-refractivity contribution in [2.24, 2.45) is 0 Å². The Kier molecular flexibility index (Phi) is 10.5. The molecule has 0 atom stereocenters. The van der Waals surface area contributed by atoms with Gasteiger partial charge in [-0.25, -0.2) is 0 Å². The molecule has 0 aliphatic rings. The van der Waals surface area contributed by atoms with Crippen LogP contribution >= 0.6 is 0 Å². The third-order valence-corrected chi connectivity index (χ3v) is 16.4. The summed E-state index contributed by atoms with van der Waals surface area (Å²) in [6, 6.07) is 111. The maximum absolute atomic E-state index is 2.46. The summed E-state index contributed by atoms with van der Waals surface area (Å²) in [5, 5.41) is 12.1. The van der Waals surface area contributed by atoms with Crippen molar-refractivity contribution in [3.8, 4) is 33.6 Å². The molecule has 0 fully saturated rings. The van der Waals surface area contributed by atoms with Gasteiger partial charge in [0.25, 0.3) is 0 Å². The molecule has 2 heterocycles. The predicted octanol–water partition coefficient (Wildman–Crippen LogP) is 21.1. The first-order valence-electron chi connectivity index (χ1n) is 27.5. The van der Waals surface area contributed by atoms with Crippen LogP contribution in [0.2, 0.25) is 0 Å². The molecule has 374 valence electrons. The first-order valence-corrected chi connectivity index (χ1v) is 27.5. The van der Waals surface area contributed by atoms with Gasteiger partial charge in [0.15, 0.2) is 0 Å². The zero-order valence-electron chi connectivity index (χ0n) is 43.7. The second kappa shape index (κ2) is 18.5. The SMILES string of the molecule is c1ccc(N(c2ccccc2)c2cc(-c3ccc4c(c3)c3ccccc3n4-c3ccccc3)c3ccc4c(N(c5ccccc5)c5ccccc5)cc(-c5ccc6c(c5)c5ccccc5n6-c5ccccc5)c5ccc2c3c54)cc1. The van der Waals surface area contributed by atoms with E-state index in [-0.39, 0.29) is 0 Å². The zero-order valence-corrected chi connectivity index (χ0v) is 43.7. The summed E-state index contributed by atoms with van der Waals surface area (Å²) in [4.78, 5) is 4.90. The lowest BCUT2D eigenvalue weighted by atomic mass is 9.85. The number of para-hydroxylation sites is 8. The fourth-order valence-corrected chi connectivity index (χ4v) is 13.0. The molecule has 0 saturated carbocycles. The van der Waals surface area contributed by atoms with Gasteiger partial charge in [0.1, 0.15) is 0 Å². The summed E-state index contributed by atoms with van der Waals surface area (Å²) in [6.45, 7) is 0. The topological polar surface area (TPSA) is 16.3 Å². The summed E-state index contributed by atoms with van der Waals surface area (Å²) in [5.74, 6) is 0. The minimum Gasteiger partial charge on any atom is -0.310 e. The maximum Gasteiger partial charge on any atom is 0.0546 e. The van der Waals surface area contributed by atoms with Crippen molar-refractivity contribution in [3.63, 3.8) is 0 Å². The highest BCUT2D eigenvalue weighted by Crippen LogP contribution is 2.53. The number of aromatic nitrogens is 2. The highest BCUT2D eigenvalue weighted by atomic mass is 15.2. The Morgan fingerprint density at radius 1 is 0.212 bits per heavy atom. The van der Waals surface area contributed by atoms with E-state index >= 15 is 0 Å². The number of rotatable bonds is 10. The van der Waals surface area contributed by atoms with Crippen LogP contribution in [0.1, 0.15) is 0 Å². The molecule has 4 heteroatoms. The summed E-state index contributed by atoms with van der Waals surface area (Å²) in [5.41, 5.74) is 18.2. The lowest BCUT2D eigenvalue weighted by Crippen LogP contribution is -2.12. The van der Waals surface area contributed by atoms with E-state index in [4.69, 9.17) is 0 Å². The zero-order chi connectivity index (χ0) is 52.7. The molecular weight excluding hydrogens is 969 g/mol. The highest BCUT2D eigenvalue weighted by Gasteiger charge is 2.27. The van der Waals surface area contributed by atoms with E-state index in [0.29, 0.717) is 0 Å². The van der Waals surface area contributed by atoms with Gasteiger partial charge in [-0.2, -0.15) is 0 Å². The van der Waals surface area contributed by atoms with Crippen molar-refractivity contribution < 1.29 is 0 Å². The van der Waals surface area contributed by atoms with Crippen LogP contribution in [0.15, 0.2) is 303 Å². The molecule has 80 heavy (non-hydrogen) atoms. The monoisotopic (exact) mass is 1020 g/mol. The molecule has 0 aliphatic heterocycles. The molecule has 0 aliphatic carbocycles. The molecule has 0 amide bonds. The van der Waals surface area contributed by atoms with Crippen LogP contribution in [0, 0.1) is 0 Å². The number of hydrogen-bond acceptors (Lipinski definition) is 2. The Hall–Kier alpha value is -10.7. The van der Waals surface area contributed by atoms with Gasteiger partial charge < -0.3 is 18.9 Å². The van der Waals surface area contributed by atoms with Crippen LogP contribution in [0.5, 0.6) is 0 Å². The van der Waals surface area contributed by atoms with E-state index in [2.05, 4.69) is 322 Å². The van der Waals surface area contributed by atoms with Gasteiger partial charge in [-0.15, -0.1) is 0 Å². The number of anilines is 6. The van der Waals surface area contributed by atoms with E-state index in [9.17, 15) is 0 Å². The fourth-order valence-electron chi connectivity index (χ4n) is 13.0. The molecule has 14 aromatic carbocycles. The highest BCUT2D eigenvalue weighted by molar-refractivity contribution is 6.33. The molecule has 0 unspecified atom stereocenters. The second-order valence-corrected chi connectivity index (χ2v) is 20.8. The van der Waals surface area contributed by atoms with Crippen molar-refractivity contribution in [2.45, 2.75) is 0 Å². The number of hydrogen-bond donors (Lipinski definition) is 0. The average molecular weight is 1020 g/mol. The summed E-state index contributed by atoms with van der Waals surface area (Å²) < 4.78 is 4.81. The van der Waals surface area contributed by atoms with Crippen LogP contribution in [0.4, 0.5) is 34.1 Å². The molecule has 16 rings (SSSR count). The van der Waals surface area contributed by atoms with Crippen LogP contribution in [0.25, 0.3) is 110 Å². The van der Waals surface area contributed by atoms with Crippen LogP contribution in [0.3, 0.4) is 0 Å². The average Bonchev–Trinajstić information content (AvgIpc) is 4.18. The standard InChI is InChI=1S/C76H50N4/c1-7-23-53(24-8-1)77(54-25-9-2-10-26-54)73-49-65(51-39-45-71-67(47-51)59-35-19-21-37-69(59)79(71)57-31-15-5-16-32-57)61-42-44-64-74(78(55-27-11-3-12-28-55)56-29-13-4-14-30-56)50-66(62-41-43-63(73)75(61)76(62)64)52-40-46-72-68(48-52)60-36-20-22-38-70(60)80(72)58-33-17-6-18-34-58/h1-50H. The normalized spacial score (nSPS) is 11.8. The van der Waals surface area contributed by atoms with Gasteiger partial charge in [-0.05, 0) is 154 Å². The largest absolute Gasteiger partial charge is 0.310 e. The lowest BCUT2D eigenvalue weighted by molar-refractivity contribution is 1.18. The van der Waals surface area contributed by atoms with E-state index < -0.39 is 0 Å². The second-order valence-electron chi connectivity index (χ2n) is 20.8. The summed E-state index contributed by atoms with van der Waals surface area (Å²) in [6.07, 6.45) is 0. The van der Waals surface area contributed by atoms with E-state index in [0.717, 1.165) is 56.6 Å². The number of benzene rings is 14. The Morgan fingerprint density at radius 2 is 0.512 bits per heavy atom. The fraction of sp³-hybridized carbons (Fsp3) is 0. The maximum atomic E-state index is 2.46. The number of nitrogens with zero attached hydrogens (tertiary/aromatic N) is 4. The summed E-state index contributed by atoms with van der Waals surface area (Å²) >= 11 is 0. The molecule has 0 N–H and O–H groups in total. The Morgan fingerprint density at radius 3 is 0.875 bits per heavy atom. The van der Waals surface area contributed by atoms with Crippen molar-refractivity contribution in [3.05, 3.63) is 303 Å². The first-order chi connectivity index (χ1) is 39.7. The van der Waals surface area contributed by atoms with E-state index in [1.54, 1.807) is 0 Å². The Labute approximate surface area is 463 Å². The van der Waals surface area contributed by atoms with Crippen molar-refractivity contribution in [2.75, 3.05) is 9.80 Å². The third-order valence-electron chi connectivity index (χ3n) is 16.4. The lowest BCUT2D eigenvalue weighted by Gasteiger charge is -2.31. The van der Waals surface area contributed by atoms with E-state index in [1.165, 1.54) is 87.1 Å². The quantitative estimate of drug-likeness (QED) is 0.127. The van der Waals surface area contributed by atoms with Gasteiger partial charge in [-0.1, -0.05) is 182 Å². The molecular formula is C76H50N4. The molecule has 16 aromatic rings. The summed E-state index contributed by atoms with van der Waals surface area (Å²) in [7, 11) is 0. The Balaban J connectivity index is 1.05. The van der Waals surface area contributed by atoms with E-state index in [1.807, 2.05) is 0 Å². The van der Waals surface area contributed by atoms with Crippen LogP contribution in [-0.2, 0) is 0 Å². The molecule has 2 aromatic heterocycles. The van der Waals surface area contributed by atoms with Crippen LogP contribution < -0.4 is 9.80 Å². The van der Waals surface area contributed by atoms with Gasteiger partial charge >= 0.3 is 0 Å². The number of fused-ring (bicyclic) bond motifs is 6. The molecule has 0 radical (unpaired) electrons. The van der Waals surface area contributed by atoms with Gasteiger partial charge in [0, 0.05) is 77.2 Å². The minimum atomic E-state index is 1.09. The van der Waals surface area contributed by atoms with Gasteiger partial charge in [0.2, 0.25) is 0 Å². The van der Waals surface area contributed by atoms with Gasteiger partial charge in [0.05, 0.1) is 33.4 Å². The Bertz CT molecular complexity index is 4580. The molecule has 0 spiro atoms. The molecule has 0 saturated heterocycles. The smallest absolute Gasteiger partial charge is 0.0546 e. The first kappa shape index (κ1) is 45.5. The van der Waals surface area contributed by atoms with Crippen molar-refractivity contribution in [1.82, 2.24) is 9.13 Å².